The molecule has 0 aliphatic carbocycles. The topological polar surface area (TPSA) is 57.1 Å². The Labute approximate surface area is 78.6 Å². The molecule has 5 nitrogen and oxygen atoms in total. The number of nitrogens with zero attached hydrogens (tertiary/aromatic N) is 1. The van der Waals surface area contributed by atoms with Gasteiger partial charge in [0, 0.05) is 0 Å². The summed E-state index contributed by atoms with van der Waals surface area (Å²) in [5, 5.41) is 3.46. The van der Waals surface area contributed by atoms with Gasteiger partial charge in [0.25, 0.3) is 0 Å². The van der Waals surface area contributed by atoms with E-state index in [9.17, 15) is 4.57 Å². The maximum atomic E-state index is 11.7. The molecule has 0 fully saturated rings. The first-order valence-electron chi connectivity index (χ1n) is 4.11. The van der Waals surface area contributed by atoms with E-state index in [1.54, 1.807) is 13.8 Å². The minimum absolute atomic E-state index is 0.141. The van der Waals surface area contributed by atoms with Gasteiger partial charge < -0.3 is 13.9 Å². The van der Waals surface area contributed by atoms with Crippen molar-refractivity contribution in [1.29, 1.82) is 0 Å². The molecule has 0 saturated carbocycles. The number of hydrogen-bond donors (Lipinski definition) is 0. The molecule has 0 aliphatic heterocycles. The molecule has 13 heavy (non-hydrogen) atoms. The quantitative estimate of drug-likeness (QED) is 0.365. The summed E-state index contributed by atoms with van der Waals surface area (Å²) in [5.41, 5.74) is 0. The molecule has 0 aromatic carbocycles. The summed E-state index contributed by atoms with van der Waals surface area (Å²) >= 11 is 0. The molecule has 0 heterocycles. The van der Waals surface area contributed by atoms with Crippen LogP contribution in [-0.4, -0.2) is 32.7 Å². The second kappa shape index (κ2) is 7.06. The molecule has 0 aromatic rings. The van der Waals surface area contributed by atoms with Crippen molar-refractivity contribution in [2.75, 3.05) is 26.5 Å². The predicted octanol–water partition coefficient (Wildman–Crippen LogP) is 1.88. The third-order valence-electron chi connectivity index (χ3n) is 1.14. The van der Waals surface area contributed by atoms with Crippen LogP contribution in [0.2, 0.25) is 0 Å². The van der Waals surface area contributed by atoms with Crippen LogP contribution >= 0.6 is 7.60 Å². The van der Waals surface area contributed by atoms with Crippen molar-refractivity contribution in [1.82, 2.24) is 0 Å². The molecule has 0 bridgehead atoms. The Balaban J connectivity index is 4.07. The van der Waals surface area contributed by atoms with Gasteiger partial charge in [0.1, 0.15) is 7.11 Å². The minimum Gasteiger partial charge on any atom is -0.399 e. The van der Waals surface area contributed by atoms with Crippen molar-refractivity contribution in [2.24, 2.45) is 5.16 Å². The van der Waals surface area contributed by atoms with E-state index in [-0.39, 0.29) is 6.16 Å². The smallest absolute Gasteiger partial charge is 0.336 e. The molecule has 0 radical (unpaired) electrons. The highest BCUT2D eigenvalue weighted by atomic mass is 31.2. The van der Waals surface area contributed by atoms with Gasteiger partial charge in [-0.3, -0.25) is 4.57 Å². The number of hydrogen-bond acceptors (Lipinski definition) is 5. The third kappa shape index (κ3) is 5.80. The van der Waals surface area contributed by atoms with Gasteiger partial charge in [0.05, 0.1) is 25.6 Å². The fourth-order valence-corrected chi connectivity index (χ4v) is 2.08. The van der Waals surface area contributed by atoms with E-state index < -0.39 is 7.60 Å². The molecule has 0 aromatic heterocycles. The van der Waals surface area contributed by atoms with Gasteiger partial charge in [0.2, 0.25) is 0 Å². The molecule has 0 saturated heterocycles. The van der Waals surface area contributed by atoms with E-state index >= 15 is 0 Å². The monoisotopic (exact) mass is 209 g/mol. The molecule has 6 heteroatoms. The van der Waals surface area contributed by atoms with Crippen molar-refractivity contribution in [3.05, 3.63) is 0 Å². The summed E-state index contributed by atoms with van der Waals surface area (Å²) in [6.45, 7) is 4.24. The maximum Gasteiger partial charge on any atom is 0.336 e. The molecular weight excluding hydrogens is 193 g/mol. The minimum atomic E-state index is -2.98. The average Bonchev–Trinajstić information content (AvgIpc) is 2.05. The summed E-state index contributed by atoms with van der Waals surface area (Å²) < 4.78 is 21.7. The first-order valence-corrected chi connectivity index (χ1v) is 5.84. The number of rotatable bonds is 7. The Morgan fingerprint density at radius 3 is 2.23 bits per heavy atom. The molecule has 78 valence electrons. The van der Waals surface area contributed by atoms with Crippen molar-refractivity contribution in [3.63, 3.8) is 0 Å². The predicted molar refractivity (Wildman–Crippen MR) is 51.2 cm³/mol. The Morgan fingerprint density at radius 1 is 1.31 bits per heavy atom. The van der Waals surface area contributed by atoms with E-state index in [0.717, 1.165) is 0 Å². The van der Waals surface area contributed by atoms with E-state index in [2.05, 4.69) is 9.99 Å². The lowest BCUT2D eigenvalue weighted by molar-refractivity contribution is 0.212. The van der Waals surface area contributed by atoms with E-state index in [4.69, 9.17) is 9.05 Å². The average molecular weight is 209 g/mol. The lowest BCUT2D eigenvalue weighted by Crippen LogP contribution is -2.01. The maximum absolute atomic E-state index is 11.7. The van der Waals surface area contributed by atoms with Crippen LogP contribution in [0.25, 0.3) is 0 Å². The normalized spacial score (nSPS) is 12.2. The second-order valence-corrected chi connectivity index (χ2v) is 4.20. The fraction of sp³-hybridized carbons (Fsp3) is 0.857. The Morgan fingerprint density at radius 2 is 1.85 bits per heavy atom. The van der Waals surface area contributed by atoms with Crippen molar-refractivity contribution in [2.45, 2.75) is 13.8 Å². The van der Waals surface area contributed by atoms with Crippen LogP contribution < -0.4 is 0 Å². The van der Waals surface area contributed by atoms with Gasteiger partial charge in [-0.25, -0.2) is 0 Å². The summed E-state index contributed by atoms with van der Waals surface area (Å²) in [4.78, 5) is 4.43. The molecule has 0 rings (SSSR count). The molecule has 0 atom stereocenters. The highest BCUT2D eigenvalue weighted by Crippen LogP contribution is 2.46. The first-order chi connectivity index (χ1) is 6.18. The SMILES string of the molecule is CCOP(=O)(C/C=N\OC)OCC. The van der Waals surface area contributed by atoms with Crippen LogP contribution in [0.4, 0.5) is 0 Å². The van der Waals surface area contributed by atoms with Crippen LogP contribution in [-0.2, 0) is 18.5 Å². The standard InChI is InChI=1S/C7H16NO4P/c1-4-11-13(9,12-5-2)7-6-8-10-3/h6H,4-5,7H2,1-3H3/b8-6-. The highest BCUT2D eigenvalue weighted by molar-refractivity contribution is 7.54. The second-order valence-electron chi connectivity index (χ2n) is 2.10. The zero-order valence-corrected chi connectivity index (χ0v) is 9.12. The summed E-state index contributed by atoms with van der Waals surface area (Å²) in [6.07, 6.45) is 1.52. The van der Waals surface area contributed by atoms with Gasteiger partial charge in [-0.1, -0.05) is 5.16 Å². The molecular formula is C7H16NO4P. The molecule has 0 aliphatic rings. The van der Waals surface area contributed by atoms with Crippen LogP contribution in [0.15, 0.2) is 5.16 Å². The van der Waals surface area contributed by atoms with Crippen LogP contribution in [0.3, 0.4) is 0 Å². The van der Waals surface area contributed by atoms with Crippen LogP contribution in [0.1, 0.15) is 13.8 Å². The zero-order chi connectivity index (χ0) is 10.2. The molecule has 0 spiro atoms. The van der Waals surface area contributed by atoms with Crippen molar-refractivity contribution >= 4 is 13.8 Å². The fourth-order valence-electron chi connectivity index (χ4n) is 0.744. The van der Waals surface area contributed by atoms with Gasteiger partial charge >= 0.3 is 7.60 Å². The van der Waals surface area contributed by atoms with Gasteiger partial charge in [0.15, 0.2) is 0 Å². The van der Waals surface area contributed by atoms with Crippen molar-refractivity contribution in [3.8, 4) is 0 Å². The first kappa shape index (κ1) is 12.6. The Bertz CT molecular complexity index is 185. The van der Waals surface area contributed by atoms with Crippen LogP contribution in [0.5, 0.6) is 0 Å². The Kier molecular flexibility index (Phi) is 6.86. The summed E-state index contributed by atoms with van der Waals surface area (Å²) in [6, 6.07) is 0. The van der Waals surface area contributed by atoms with Crippen LogP contribution in [0, 0.1) is 0 Å². The van der Waals surface area contributed by atoms with E-state index in [1.165, 1.54) is 13.3 Å². The molecule has 0 N–H and O–H groups in total. The molecule has 0 unspecified atom stereocenters. The third-order valence-corrected chi connectivity index (χ3v) is 3.05. The lowest BCUT2D eigenvalue weighted by atomic mass is 10.9. The number of oxime groups is 1. The Hall–Kier alpha value is -0.380. The van der Waals surface area contributed by atoms with Gasteiger partial charge in [-0.05, 0) is 13.8 Å². The van der Waals surface area contributed by atoms with Gasteiger partial charge in [-0.2, -0.15) is 0 Å². The van der Waals surface area contributed by atoms with Crippen molar-refractivity contribution < 1.29 is 18.5 Å². The van der Waals surface area contributed by atoms with E-state index in [0.29, 0.717) is 13.2 Å². The highest BCUT2D eigenvalue weighted by Gasteiger charge is 2.21. The summed E-state index contributed by atoms with van der Waals surface area (Å²) in [7, 11) is -1.56. The molecule has 0 amide bonds. The lowest BCUT2D eigenvalue weighted by Gasteiger charge is -2.14. The largest absolute Gasteiger partial charge is 0.399 e. The summed E-state index contributed by atoms with van der Waals surface area (Å²) in [5.74, 6) is 0. The zero-order valence-electron chi connectivity index (χ0n) is 8.23. The van der Waals surface area contributed by atoms with Gasteiger partial charge in [-0.15, -0.1) is 0 Å². The van der Waals surface area contributed by atoms with E-state index in [1.807, 2.05) is 0 Å².